The van der Waals surface area contributed by atoms with Crippen LogP contribution in [0.4, 0.5) is 0 Å². The molecule has 4 unspecified atom stereocenters. The maximum atomic E-state index is 10.9. The Morgan fingerprint density at radius 2 is 0.727 bits per heavy atom. The van der Waals surface area contributed by atoms with Gasteiger partial charge in [0.2, 0.25) is 0 Å². The molecule has 8 rings (SSSR count). The molecule has 4 atom stereocenters. The molecule has 278 valence electrons. The molecule has 6 aromatic rings. The number of fused-ring (bicyclic) bond motifs is 2. The van der Waals surface area contributed by atoms with Crippen molar-refractivity contribution in [3.8, 4) is 51.7 Å². The van der Waals surface area contributed by atoms with E-state index >= 15 is 0 Å². The van der Waals surface area contributed by atoms with E-state index in [9.17, 15) is 35.7 Å². The Morgan fingerprint density at radius 1 is 0.382 bits per heavy atom. The predicted octanol–water partition coefficient (Wildman–Crippen LogP) is 9.02. The number of hydrogen-bond donors (Lipinski definition) is 7. The van der Waals surface area contributed by atoms with Crippen molar-refractivity contribution in [3.63, 3.8) is 0 Å². The lowest BCUT2D eigenvalue weighted by atomic mass is 9.59. The van der Waals surface area contributed by atoms with Crippen molar-refractivity contribution in [3.05, 3.63) is 160 Å². The van der Waals surface area contributed by atoms with E-state index in [0.29, 0.717) is 50.4 Å². The summed E-state index contributed by atoms with van der Waals surface area (Å²) in [4.78, 5) is 0. The summed E-state index contributed by atoms with van der Waals surface area (Å²) >= 11 is 0. The normalized spacial score (nSPS) is 23.9. The van der Waals surface area contributed by atoms with E-state index in [0.717, 1.165) is 5.56 Å². The summed E-state index contributed by atoms with van der Waals surface area (Å²) in [6.07, 6.45) is 3.85. The fraction of sp³-hybridized carbons (Fsp3) is 0.174. The number of benzene rings is 6. The molecule has 0 aliphatic carbocycles. The average Bonchev–Trinajstić information content (AvgIpc) is 3.51. The molecular weight excluding hydrogens is 696 g/mol. The van der Waals surface area contributed by atoms with Gasteiger partial charge in [-0.15, -0.1) is 0 Å². The summed E-state index contributed by atoms with van der Waals surface area (Å²) in [5.41, 5.74) is 0.555. The third-order valence-corrected chi connectivity index (χ3v) is 12.0. The molecule has 0 radical (unpaired) electrons. The zero-order chi connectivity index (χ0) is 39.1. The molecule has 2 heterocycles. The molecule has 55 heavy (non-hydrogen) atoms. The first-order chi connectivity index (χ1) is 26.1. The van der Waals surface area contributed by atoms with Crippen LogP contribution in [0.3, 0.4) is 0 Å². The van der Waals surface area contributed by atoms with Gasteiger partial charge in [-0.05, 0) is 122 Å². The highest BCUT2D eigenvalue weighted by Gasteiger charge is 2.63. The summed E-state index contributed by atoms with van der Waals surface area (Å²) in [6.45, 7) is 7.81. The van der Waals surface area contributed by atoms with E-state index in [-0.39, 0.29) is 40.2 Å². The highest BCUT2D eigenvalue weighted by molar-refractivity contribution is 5.82. The van der Waals surface area contributed by atoms with Crippen molar-refractivity contribution in [1.82, 2.24) is 0 Å². The SMILES string of the molecule is CC1(c2ccc(O)cc2)Oc2cc3c(c(C=Cc4ccc(O)cc4)c2C1(C)c1cc(O)cc(O)c1)C(C)(c1cc(O)cc(O)c1)C(C)(c1ccc(O)cc1)O3. The topological polar surface area (TPSA) is 160 Å². The third kappa shape index (κ3) is 5.21. The number of ether oxygens (including phenoxy) is 2. The van der Waals surface area contributed by atoms with Gasteiger partial charge in [-0.1, -0.05) is 48.6 Å². The Hall–Kier alpha value is -6.74. The van der Waals surface area contributed by atoms with Crippen LogP contribution >= 0.6 is 0 Å². The molecule has 7 N–H and O–H groups in total. The minimum absolute atomic E-state index is 0.0723. The van der Waals surface area contributed by atoms with Crippen molar-refractivity contribution in [1.29, 1.82) is 0 Å². The summed E-state index contributed by atoms with van der Waals surface area (Å²) in [6, 6.07) is 30.9. The summed E-state index contributed by atoms with van der Waals surface area (Å²) in [5, 5.41) is 74.4. The molecule has 0 aromatic heterocycles. The second kappa shape index (κ2) is 12.1. The monoisotopic (exact) mass is 736 g/mol. The molecule has 9 nitrogen and oxygen atoms in total. The number of aromatic hydroxyl groups is 7. The molecular formula is C46H40O9. The van der Waals surface area contributed by atoms with E-state index in [1.54, 1.807) is 97.1 Å². The molecule has 0 saturated heterocycles. The van der Waals surface area contributed by atoms with Crippen molar-refractivity contribution in [2.24, 2.45) is 0 Å². The van der Waals surface area contributed by atoms with Crippen LogP contribution in [0.25, 0.3) is 12.2 Å². The van der Waals surface area contributed by atoms with Gasteiger partial charge in [-0.25, -0.2) is 0 Å². The lowest BCUT2D eigenvalue weighted by Crippen LogP contribution is -2.47. The molecule has 0 bridgehead atoms. The summed E-state index contributed by atoms with van der Waals surface area (Å²) in [5.74, 6) is 0.578. The smallest absolute Gasteiger partial charge is 0.145 e. The maximum Gasteiger partial charge on any atom is 0.145 e. The molecule has 0 saturated carbocycles. The first-order valence-electron chi connectivity index (χ1n) is 17.8. The Bertz CT molecular complexity index is 2320. The zero-order valence-electron chi connectivity index (χ0n) is 30.6. The third-order valence-electron chi connectivity index (χ3n) is 12.0. The number of rotatable bonds is 6. The highest BCUT2D eigenvalue weighted by Crippen LogP contribution is 2.66. The van der Waals surface area contributed by atoms with Gasteiger partial charge in [0.05, 0.1) is 10.8 Å². The lowest BCUT2D eigenvalue weighted by molar-refractivity contribution is 0.0516. The number of phenolic OH excluding ortho intramolecular Hbond substituents is 7. The van der Waals surface area contributed by atoms with Crippen molar-refractivity contribution >= 4 is 12.2 Å². The van der Waals surface area contributed by atoms with Gasteiger partial charge >= 0.3 is 0 Å². The second-order valence-electron chi connectivity index (χ2n) is 15.1. The van der Waals surface area contributed by atoms with Gasteiger partial charge in [0.1, 0.15) is 62.9 Å². The van der Waals surface area contributed by atoms with E-state index in [2.05, 4.69) is 0 Å². The molecule has 0 fully saturated rings. The second-order valence-corrected chi connectivity index (χ2v) is 15.1. The zero-order valence-corrected chi connectivity index (χ0v) is 30.6. The van der Waals surface area contributed by atoms with E-state index in [1.807, 2.05) is 45.9 Å². The van der Waals surface area contributed by atoms with Crippen LogP contribution in [0.15, 0.2) is 115 Å². The van der Waals surface area contributed by atoms with Gasteiger partial charge in [-0.3, -0.25) is 0 Å². The first-order valence-corrected chi connectivity index (χ1v) is 17.8. The highest BCUT2D eigenvalue weighted by atomic mass is 16.5. The fourth-order valence-corrected chi connectivity index (χ4v) is 8.76. The maximum absolute atomic E-state index is 10.9. The fourth-order valence-electron chi connectivity index (χ4n) is 8.76. The van der Waals surface area contributed by atoms with Crippen LogP contribution < -0.4 is 9.47 Å². The Labute approximate surface area is 317 Å². The molecule has 6 aromatic carbocycles. The standard InChI is InChI=1S/C46H40O9/c1-43(29-19-34(50)23-35(51)20-29)41-38(18-7-26-5-12-31(47)13-6-26)42-40(25-39(41)54-45(43,3)27-8-14-32(48)15-9-27)55-46(4,28-10-16-33(49)17-11-28)44(42,2)30-21-36(52)24-37(53)22-30/h5-25,47-53H,1-4H3. The predicted molar refractivity (Wildman–Crippen MR) is 208 cm³/mol. The van der Waals surface area contributed by atoms with E-state index in [4.69, 9.17) is 9.47 Å². The van der Waals surface area contributed by atoms with Crippen LogP contribution in [-0.4, -0.2) is 35.7 Å². The van der Waals surface area contributed by atoms with Crippen molar-refractivity contribution < 1.29 is 45.2 Å². The molecule has 9 heteroatoms. The summed E-state index contributed by atoms with van der Waals surface area (Å²) in [7, 11) is 0. The van der Waals surface area contributed by atoms with Gasteiger partial charge in [0, 0.05) is 29.3 Å². The molecule has 0 spiro atoms. The summed E-state index contributed by atoms with van der Waals surface area (Å²) < 4.78 is 14.2. The number of hydrogen-bond acceptors (Lipinski definition) is 9. The van der Waals surface area contributed by atoms with Crippen LogP contribution in [0.1, 0.15) is 72.2 Å². The van der Waals surface area contributed by atoms with E-state index in [1.165, 1.54) is 12.1 Å². The van der Waals surface area contributed by atoms with Crippen LogP contribution in [0, 0.1) is 0 Å². The number of phenols is 7. The molecule has 2 aliphatic heterocycles. The van der Waals surface area contributed by atoms with E-state index < -0.39 is 22.0 Å². The van der Waals surface area contributed by atoms with Gasteiger partial charge in [0.25, 0.3) is 0 Å². The largest absolute Gasteiger partial charge is 0.508 e. The van der Waals surface area contributed by atoms with Crippen molar-refractivity contribution in [2.45, 2.75) is 49.7 Å². The van der Waals surface area contributed by atoms with Gasteiger partial charge in [0.15, 0.2) is 0 Å². The van der Waals surface area contributed by atoms with Crippen LogP contribution in [0.5, 0.6) is 51.7 Å². The minimum atomic E-state index is -1.21. The minimum Gasteiger partial charge on any atom is -0.508 e. The van der Waals surface area contributed by atoms with Crippen LogP contribution in [-0.2, 0) is 22.0 Å². The Balaban J connectivity index is 1.52. The Kier molecular flexibility index (Phi) is 7.79. The molecule has 0 amide bonds. The lowest BCUT2D eigenvalue weighted by Gasteiger charge is -2.43. The average molecular weight is 737 g/mol. The van der Waals surface area contributed by atoms with Gasteiger partial charge in [-0.2, -0.15) is 0 Å². The first kappa shape index (κ1) is 35.3. The quantitative estimate of drug-likeness (QED) is 0.0828. The van der Waals surface area contributed by atoms with Gasteiger partial charge < -0.3 is 45.2 Å². The van der Waals surface area contributed by atoms with Crippen LogP contribution in [0.2, 0.25) is 0 Å². The molecule has 2 aliphatic rings. The Morgan fingerprint density at radius 3 is 1.09 bits per heavy atom. The van der Waals surface area contributed by atoms with Crippen molar-refractivity contribution in [2.75, 3.05) is 0 Å².